The zero-order valence-electron chi connectivity index (χ0n) is 9.41. The van der Waals surface area contributed by atoms with E-state index in [-0.39, 0.29) is 0 Å². The van der Waals surface area contributed by atoms with Gasteiger partial charge in [-0.2, -0.15) is 5.10 Å². The molecule has 0 amide bonds. The summed E-state index contributed by atoms with van der Waals surface area (Å²) in [6.07, 6.45) is 4.90. The summed E-state index contributed by atoms with van der Waals surface area (Å²) in [4.78, 5) is 4.56. The molecular weight excluding hydrogens is 188 g/mol. The molecule has 0 aliphatic heterocycles. The number of aromatic nitrogens is 3. The topological polar surface area (TPSA) is 42.2 Å². The van der Waals surface area contributed by atoms with Crippen LogP contribution in [0.3, 0.4) is 0 Å². The lowest BCUT2D eigenvalue weighted by molar-refractivity contribution is 0.793. The van der Waals surface area contributed by atoms with Crippen LogP contribution in [-0.4, -0.2) is 28.2 Å². The normalized spacial score (nSPS) is 11.1. The van der Waals surface area contributed by atoms with Gasteiger partial charge in [-0.05, 0) is 39.4 Å². The standard InChI is InChI=1S/C11H16N4/c1-8-7-15-11(14-9(8)2)10(6-13-15)4-5-12-3/h6-7,12H,4-5H2,1-3H3. The van der Waals surface area contributed by atoms with Gasteiger partial charge in [-0.15, -0.1) is 0 Å². The maximum Gasteiger partial charge on any atom is 0.158 e. The van der Waals surface area contributed by atoms with Gasteiger partial charge in [-0.1, -0.05) is 0 Å². The quantitative estimate of drug-likeness (QED) is 0.814. The van der Waals surface area contributed by atoms with Crippen molar-refractivity contribution in [2.75, 3.05) is 13.6 Å². The Labute approximate surface area is 89.3 Å². The van der Waals surface area contributed by atoms with Crippen LogP contribution in [0.5, 0.6) is 0 Å². The number of likely N-dealkylation sites (N-methyl/N-ethyl adjacent to an activating group) is 1. The van der Waals surface area contributed by atoms with Crippen molar-refractivity contribution in [1.82, 2.24) is 19.9 Å². The van der Waals surface area contributed by atoms with Gasteiger partial charge < -0.3 is 5.32 Å². The average Bonchev–Trinajstić information content (AvgIpc) is 2.59. The fourth-order valence-corrected chi connectivity index (χ4v) is 1.57. The van der Waals surface area contributed by atoms with Crippen LogP contribution in [0.15, 0.2) is 12.4 Å². The lowest BCUT2D eigenvalue weighted by Gasteiger charge is -2.02. The van der Waals surface area contributed by atoms with Crippen molar-refractivity contribution in [3.8, 4) is 0 Å². The van der Waals surface area contributed by atoms with Gasteiger partial charge in [-0.25, -0.2) is 9.50 Å². The van der Waals surface area contributed by atoms with E-state index in [9.17, 15) is 0 Å². The predicted octanol–water partition coefficient (Wildman–Crippen LogP) is 1.11. The third kappa shape index (κ3) is 1.85. The van der Waals surface area contributed by atoms with E-state index in [4.69, 9.17) is 0 Å². The first-order chi connectivity index (χ1) is 7.22. The van der Waals surface area contributed by atoms with E-state index in [2.05, 4.69) is 22.3 Å². The number of nitrogens with one attached hydrogen (secondary N) is 1. The molecule has 0 spiro atoms. The van der Waals surface area contributed by atoms with E-state index in [0.29, 0.717) is 0 Å². The van der Waals surface area contributed by atoms with Crippen LogP contribution >= 0.6 is 0 Å². The number of rotatable bonds is 3. The SMILES string of the molecule is CNCCc1cnn2cc(C)c(C)nc12. The van der Waals surface area contributed by atoms with E-state index >= 15 is 0 Å². The second-order valence-electron chi connectivity index (χ2n) is 3.80. The van der Waals surface area contributed by atoms with E-state index < -0.39 is 0 Å². The molecule has 80 valence electrons. The molecule has 0 unspecified atom stereocenters. The fourth-order valence-electron chi connectivity index (χ4n) is 1.57. The van der Waals surface area contributed by atoms with Crippen LogP contribution in [0.1, 0.15) is 16.8 Å². The first kappa shape index (κ1) is 10.1. The van der Waals surface area contributed by atoms with Gasteiger partial charge in [0.25, 0.3) is 0 Å². The maximum atomic E-state index is 4.56. The summed E-state index contributed by atoms with van der Waals surface area (Å²) in [5, 5.41) is 7.43. The summed E-state index contributed by atoms with van der Waals surface area (Å²) in [6, 6.07) is 0. The minimum atomic E-state index is 0.954. The molecule has 1 N–H and O–H groups in total. The Morgan fingerprint density at radius 1 is 1.40 bits per heavy atom. The zero-order valence-corrected chi connectivity index (χ0v) is 9.41. The van der Waals surface area contributed by atoms with E-state index in [1.165, 1.54) is 11.1 Å². The second-order valence-corrected chi connectivity index (χ2v) is 3.80. The van der Waals surface area contributed by atoms with Crippen molar-refractivity contribution >= 4 is 5.65 Å². The molecule has 0 radical (unpaired) electrons. The lowest BCUT2D eigenvalue weighted by Crippen LogP contribution is -2.10. The van der Waals surface area contributed by atoms with Gasteiger partial charge in [0.05, 0.1) is 6.20 Å². The highest BCUT2D eigenvalue weighted by Gasteiger charge is 2.06. The lowest BCUT2D eigenvalue weighted by atomic mass is 10.2. The molecule has 15 heavy (non-hydrogen) atoms. The molecule has 2 aromatic heterocycles. The molecule has 0 aromatic carbocycles. The summed E-state index contributed by atoms with van der Waals surface area (Å²) in [6.45, 7) is 5.04. The van der Waals surface area contributed by atoms with E-state index in [1.807, 2.05) is 30.9 Å². The molecule has 0 saturated heterocycles. The molecule has 2 heterocycles. The Bertz CT molecular complexity index is 473. The van der Waals surface area contributed by atoms with Gasteiger partial charge in [0.1, 0.15) is 0 Å². The van der Waals surface area contributed by atoms with Crippen LogP contribution in [0, 0.1) is 13.8 Å². The van der Waals surface area contributed by atoms with Crippen molar-refractivity contribution in [2.45, 2.75) is 20.3 Å². The Kier molecular flexibility index (Phi) is 2.68. The van der Waals surface area contributed by atoms with Crippen molar-refractivity contribution in [1.29, 1.82) is 0 Å². The van der Waals surface area contributed by atoms with Crippen molar-refractivity contribution < 1.29 is 0 Å². The number of fused-ring (bicyclic) bond motifs is 1. The third-order valence-electron chi connectivity index (χ3n) is 2.65. The van der Waals surface area contributed by atoms with Crippen LogP contribution in [0.4, 0.5) is 0 Å². The maximum absolute atomic E-state index is 4.56. The highest BCUT2D eigenvalue weighted by atomic mass is 15.2. The second kappa shape index (κ2) is 3.98. The van der Waals surface area contributed by atoms with E-state index in [1.54, 1.807) is 0 Å². The highest BCUT2D eigenvalue weighted by Crippen LogP contribution is 2.11. The first-order valence-corrected chi connectivity index (χ1v) is 5.17. The van der Waals surface area contributed by atoms with Gasteiger partial charge in [-0.3, -0.25) is 0 Å². The molecule has 0 saturated carbocycles. The monoisotopic (exact) mass is 204 g/mol. The molecule has 2 aromatic rings. The molecule has 0 aliphatic carbocycles. The molecule has 2 rings (SSSR count). The van der Waals surface area contributed by atoms with Crippen molar-refractivity contribution in [2.24, 2.45) is 0 Å². The molecule has 4 nitrogen and oxygen atoms in total. The Morgan fingerprint density at radius 3 is 2.93 bits per heavy atom. The zero-order chi connectivity index (χ0) is 10.8. The molecular formula is C11H16N4. The smallest absolute Gasteiger partial charge is 0.158 e. The molecule has 0 fully saturated rings. The number of aryl methyl sites for hydroxylation is 2. The predicted molar refractivity (Wildman–Crippen MR) is 60.1 cm³/mol. The fraction of sp³-hybridized carbons (Fsp3) is 0.455. The van der Waals surface area contributed by atoms with Gasteiger partial charge in [0, 0.05) is 17.5 Å². The summed E-state index contributed by atoms with van der Waals surface area (Å²) in [7, 11) is 1.95. The summed E-state index contributed by atoms with van der Waals surface area (Å²) >= 11 is 0. The Morgan fingerprint density at radius 2 is 2.20 bits per heavy atom. The summed E-state index contributed by atoms with van der Waals surface area (Å²) < 4.78 is 1.85. The number of hydrogen-bond acceptors (Lipinski definition) is 3. The van der Waals surface area contributed by atoms with Crippen molar-refractivity contribution in [3.05, 3.63) is 29.2 Å². The number of hydrogen-bond donors (Lipinski definition) is 1. The Hall–Kier alpha value is -1.42. The molecule has 4 heteroatoms. The first-order valence-electron chi connectivity index (χ1n) is 5.17. The summed E-state index contributed by atoms with van der Waals surface area (Å²) in [5.74, 6) is 0. The summed E-state index contributed by atoms with van der Waals surface area (Å²) in [5.41, 5.74) is 4.43. The van der Waals surface area contributed by atoms with E-state index in [0.717, 1.165) is 24.3 Å². The molecule has 0 aliphatic rings. The Balaban J connectivity index is 2.45. The van der Waals surface area contributed by atoms with Gasteiger partial charge in [0.15, 0.2) is 5.65 Å². The number of nitrogens with zero attached hydrogens (tertiary/aromatic N) is 3. The largest absolute Gasteiger partial charge is 0.319 e. The van der Waals surface area contributed by atoms with Gasteiger partial charge >= 0.3 is 0 Å². The van der Waals surface area contributed by atoms with Crippen LogP contribution in [0.2, 0.25) is 0 Å². The van der Waals surface area contributed by atoms with Crippen LogP contribution < -0.4 is 5.32 Å². The van der Waals surface area contributed by atoms with Crippen molar-refractivity contribution in [3.63, 3.8) is 0 Å². The minimum absolute atomic E-state index is 0.954. The third-order valence-corrected chi connectivity index (χ3v) is 2.65. The van der Waals surface area contributed by atoms with Crippen LogP contribution in [0.25, 0.3) is 5.65 Å². The van der Waals surface area contributed by atoms with Gasteiger partial charge in [0.2, 0.25) is 0 Å². The van der Waals surface area contributed by atoms with Crippen LogP contribution in [-0.2, 0) is 6.42 Å². The minimum Gasteiger partial charge on any atom is -0.319 e. The molecule has 0 bridgehead atoms. The molecule has 0 atom stereocenters. The highest BCUT2D eigenvalue weighted by molar-refractivity contribution is 5.47. The average molecular weight is 204 g/mol.